The van der Waals surface area contributed by atoms with Gasteiger partial charge in [-0.3, -0.25) is 9.48 Å². The molecular formula is C10H14N6OS. The monoisotopic (exact) mass is 266 g/mol. The van der Waals surface area contributed by atoms with E-state index in [1.807, 2.05) is 13.8 Å². The minimum Gasteiger partial charge on any atom is -0.360 e. The van der Waals surface area contributed by atoms with E-state index in [0.717, 1.165) is 13.1 Å². The molecule has 0 aliphatic heterocycles. The highest BCUT2D eigenvalue weighted by molar-refractivity contribution is 7.17. The first-order chi connectivity index (χ1) is 8.72. The smallest absolute Gasteiger partial charge is 0.286 e. The number of hydrogen-bond acceptors (Lipinski definition) is 6. The van der Waals surface area contributed by atoms with Crippen LogP contribution in [0.5, 0.6) is 0 Å². The molecule has 2 aromatic heterocycles. The zero-order valence-electron chi connectivity index (χ0n) is 10.2. The average molecular weight is 266 g/mol. The molecule has 8 heteroatoms. The van der Waals surface area contributed by atoms with Crippen molar-refractivity contribution in [2.45, 2.75) is 20.4 Å². The van der Waals surface area contributed by atoms with Crippen LogP contribution >= 0.6 is 11.3 Å². The number of aromatic nitrogens is 4. The molecule has 18 heavy (non-hydrogen) atoms. The van der Waals surface area contributed by atoms with Gasteiger partial charge in [0.15, 0.2) is 0 Å². The highest BCUT2D eigenvalue weighted by Gasteiger charge is 2.13. The normalized spacial score (nSPS) is 10.3. The zero-order valence-corrected chi connectivity index (χ0v) is 11.0. The van der Waals surface area contributed by atoms with Crippen LogP contribution in [0.15, 0.2) is 12.4 Å². The highest BCUT2D eigenvalue weighted by atomic mass is 32.1. The molecule has 0 saturated carbocycles. The number of nitrogens with one attached hydrogen (secondary N) is 2. The van der Waals surface area contributed by atoms with Crippen LogP contribution in [0, 0.1) is 0 Å². The van der Waals surface area contributed by atoms with Gasteiger partial charge in [-0.2, -0.15) is 5.10 Å². The van der Waals surface area contributed by atoms with Gasteiger partial charge >= 0.3 is 0 Å². The number of rotatable bonds is 5. The summed E-state index contributed by atoms with van der Waals surface area (Å²) in [6, 6.07) is 0. The molecule has 0 aliphatic rings. The van der Waals surface area contributed by atoms with Crippen LogP contribution in [-0.2, 0) is 6.54 Å². The SMILES string of the molecule is CCNc1nnc(C(=O)Nc2cnn(CC)c2)s1. The number of hydrogen-bond donors (Lipinski definition) is 2. The Hall–Kier alpha value is -1.96. The summed E-state index contributed by atoms with van der Waals surface area (Å²) in [5.41, 5.74) is 0.655. The summed E-state index contributed by atoms with van der Waals surface area (Å²) in [5, 5.41) is 18.5. The molecule has 96 valence electrons. The van der Waals surface area contributed by atoms with Crippen LogP contribution in [0.1, 0.15) is 23.6 Å². The van der Waals surface area contributed by atoms with Crippen molar-refractivity contribution in [3.05, 3.63) is 17.4 Å². The van der Waals surface area contributed by atoms with E-state index in [0.29, 0.717) is 15.8 Å². The maximum absolute atomic E-state index is 11.9. The number of amides is 1. The lowest BCUT2D eigenvalue weighted by molar-refractivity contribution is 0.102. The fourth-order valence-corrected chi connectivity index (χ4v) is 2.03. The quantitative estimate of drug-likeness (QED) is 0.855. The Morgan fingerprint density at radius 1 is 1.44 bits per heavy atom. The van der Waals surface area contributed by atoms with Crippen molar-refractivity contribution in [1.82, 2.24) is 20.0 Å². The third kappa shape index (κ3) is 2.83. The van der Waals surface area contributed by atoms with E-state index in [-0.39, 0.29) is 5.91 Å². The van der Waals surface area contributed by atoms with E-state index in [1.54, 1.807) is 17.1 Å². The van der Waals surface area contributed by atoms with Crippen LogP contribution in [0.2, 0.25) is 0 Å². The molecule has 1 amide bonds. The van der Waals surface area contributed by atoms with E-state index < -0.39 is 0 Å². The average Bonchev–Trinajstić information content (AvgIpc) is 2.98. The Kier molecular flexibility index (Phi) is 3.88. The number of anilines is 2. The van der Waals surface area contributed by atoms with Crippen LogP contribution in [0.25, 0.3) is 0 Å². The summed E-state index contributed by atoms with van der Waals surface area (Å²) in [7, 11) is 0. The summed E-state index contributed by atoms with van der Waals surface area (Å²) < 4.78 is 1.74. The van der Waals surface area contributed by atoms with Crippen LogP contribution in [0.3, 0.4) is 0 Å². The van der Waals surface area contributed by atoms with Gasteiger partial charge in [-0.15, -0.1) is 10.2 Å². The summed E-state index contributed by atoms with van der Waals surface area (Å²) >= 11 is 1.22. The van der Waals surface area contributed by atoms with E-state index in [9.17, 15) is 4.79 Å². The van der Waals surface area contributed by atoms with Gasteiger partial charge in [0.1, 0.15) is 0 Å². The molecule has 2 heterocycles. The summed E-state index contributed by atoms with van der Waals surface area (Å²) in [6.45, 7) is 5.45. The molecule has 0 aliphatic carbocycles. The topological polar surface area (TPSA) is 84.7 Å². The van der Waals surface area contributed by atoms with Crippen molar-refractivity contribution < 1.29 is 4.79 Å². The van der Waals surface area contributed by atoms with Crippen LogP contribution < -0.4 is 10.6 Å². The first kappa shape index (κ1) is 12.5. The molecule has 0 aromatic carbocycles. The maximum atomic E-state index is 11.9. The summed E-state index contributed by atoms with van der Waals surface area (Å²) in [5.74, 6) is -0.271. The van der Waals surface area contributed by atoms with Gasteiger partial charge in [0.05, 0.1) is 11.9 Å². The predicted octanol–water partition coefficient (Wildman–Crippen LogP) is 1.44. The van der Waals surface area contributed by atoms with Gasteiger partial charge in [0.2, 0.25) is 10.1 Å². The van der Waals surface area contributed by atoms with Crippen molar-refractivity contribution in [3.8, 4) is 0 Å². The zero-order chi connectivity index (χ0) is 13.0. The van der Waals surface area contributed by atoms with Gasteiger partial charge < -0.3 is 10.6 Å². The third-order valence-corrected chi connectivity index (χ3v) is 3.04. The second-order valence-electron chi connectivity index (χ2n) is 3.48. The number of aryl methyl sites for hydroxylation is 1. The molecule has 0 saturated heterocycles. The van der Waals surface area contributed by atoms with Crippen molar-refractivity contribution >= 4 is 28.1 Å². The summed E-state index contributed by atoms with van der Waals surface area (Å²) in [4.78, 5) is 11.9. The standard InChI is InChI=1S/C10H14N6OS/c1-3-11-10-15-14-9(18-10)8(17)13-7-5-12-16(4-2)6-7/h5-6H,3-4H2,1-2H3,(H,11,15)(H,13,17). The minimum absolute atomic E-state index is 0.271. The third-order valence-electron chi connectivity index (χ3n) is 2.16. The summed E-state index contributed by atoms with van der Waals surface area (Å²) in [6.07, 6.45) is 3.37. The first-order valence-electron chi connectivity index (χ1n) is 5.64. The Bertz CT molecular complexity index is 534. The Morgan fingerprint density at radius 2 is 2.28 bits per heavy atom. The van der Waals surface area contributed by atoms with E-state index >= 15 is 0 Å². The Balaban J connectivity index is 2.02. The maximum Gasteiger partial charge on any atom is 0.286 e. The molecule has 2 N–H and O–H groups in total. The molecule has 0 fully saturated rings. The van der Waals surface area contributed by atoms with Gasteiger partial charge in [-0.25, -0.2) is 0 Å². The lowest BCUT2D eigenvalue weighted by Gasteiger charge is -1.97. The molecule has 0 spiro atoms. The molecule has 0 unspecified atom stereocenters. The van der Waals surface area contributed by atoms with Crippen molar-refractivity contribution in [1.29, 1.82) is 0 Å². The lowest BCUT2D eigenvalue weighted by atomic mass is 10.5. The fourth-order valence-electron chi connectivity index (χ4n) is 1.32. The second-order valence-corrected chi connectivity index (χ2v) is 4.46. The van der Waals surface area contributed by atoms with Crippen molar-refractivity contribution in [2.24, 2.45) is 0 Å². The first-order valence-corrected chi connectivity index (χ1v) is 6.45. The van der Waals surface area contributed by atoms with E-state index in [1.165, 1.54) is 11.3 Å². The van der Waals surface area contributed by atoms with Gasteiger partial charge in [0.25, 0.3) is 5.91 Å². The molecular weight excluding hydrogens is 252 g/mol. The Labute approximate surface area is 108 Å². The van der Waals surface area contributed by atoms with Crippen LogP contribution in [0.4, 0.5) is 10.8 Å². The minimum atomic E-state index is -0.271. The number of carbonyl (C=O) groups excluding carboxylic acids is 1. The van der Waals surface area contributed by atoms with Crippen molar-refractivity contribution in [3.63, 3.8) is 0 Å². The van der Waals surface area contributed by atoms with Gasteiger partial charge in [-0.1, -0.05) is 11.3 Å². The largest absolute Gasteiger partial charge is 0.360 e. The van der Waals surface area contributed by atoms with E-state index in [2.05, 4.69) is 25.9 Å². The molecule has 0 radical (unpaired) electrons. The van der Waals surface area contributed by atoms with Crippen molar-refractivity contribution in [2.75, 3.05) is 17.2 Å². The van der Waals surface area contributed by atoms with Gasteiger partial charge in [0, 0.05) is 19.3 Å². The number of carbonyl (C=O) groups is 1. The Morgan fingerprint density at radius 3 is 2.94 bits per heavy atom. The molecule has 0 atom stereocenters. The lowest BCUT2D eigenvalue weighted by Crippen LogP contribution is -2.11. The molecule has 2 rings (SSSR count). The molecule has 2 aromatic rings. The molecule has 0 bridgehead atoms. The second kappa shape index (κ2) is 5.58. The number of nitrogens with zero attached hydrogens (tertiary/aromatic N) is 4. The predicted molar refractivity (Wildman–Crippen MR) is 69.9 cm³/mol. The molecule has 7 nitrogen and oxygen atoms in total. The van der Waals surface area contributed by atoms with E-state index in [4.69, 9.17) is 0 Å². The van der Waals surface area contributed by atoms with Crippen LogP contribution in [-0.4, -0.2) is 32.4 Å². The highest BCUT2D eigenvalue weighted by Crippen LogP contribution is 2.16. The fraction of sp³-hybridized carbons (Fsp3) is 0.400. The van der Waals surface area contributed by atoms with Gasteiger partial charge in [-0.05, 0) is 13.8 Å².